The van der Waals surface area contributed by atoms with Gasteiger partial charge in [0, 0.05) is 12.1 Å². The number of rotatable bonds is 7. The van der Waals surface area contributed by atoms with E-state index >= 15 is 0 Å². The van der Waals surface area contributed by atoms with E-state index in [1.165, 1.54) is 18.4 Å². The fraction of sp³-hybridized carbons (Fsp3) is 0.182. The Morgan fingerprint density at radius 2 is 1.93 bits per heavy atom. The van der Waals surface area contributed by atoms with Crippen LogP contribution in [-0.4, -0.2) is 25.8 Å². The zero-order valence-corrected chi connectivity index (χ0v) is 16.9. The molecule has 0 radical (unpaired) electrons. The van der Waals surface area contributed by atoms with Crippen LogP contribution >= 0.6 is 11.3 Å². The number of hydrogen-bond donors (Lipinski definition) is 1. The van der Waals surface area contributed by atoms with Crippen LogP contribution in [0.3, 0.4) is 0 Å². The Morgan fingerprint density at radius 1 is 1.10 bits per heavy atom. The van der Waals surface area contributed by atoms with E-state index in [-0.39, 0.29) is 13.3 Å². The lowest BCUT2D eigenvalue weighted by molar-refractivity contribution is -0.130. The molecule has 0 fully saturated rings. The molecule has 0 unspecified atom stereocenters. The van der Waals surface area contributed by atoms with Crippen LogP contribution in [0, 0.1) is 0 Å². The van der Waals surface area contributed by atoms with Crippen LogP contribution in [-0.2, 0) is 16.1 Å². The maximum absolute atomic E-state index is 13.0. The van der Waals surface area contributed by atoms with Gasteiger partial charge in [0.2, 0.25) is 12.9 Å². The van der Waals surface area contributed by atoms with E-state index in [4.69, 9.17) is 18.9 Å². The van der Waals surface area contributed by atoms with Gasteiger partial charge in [-0.1, -0.05) is 30.3 Å². The SMILES string of the molecule is COc1ccccc1[C@H](OC(=O)c1cccs1)C(=O)NCc1ccc2c(c1)OCO2. The third-order valence-electron chi connectivity index (χ3n) is 4.51. The lowest BCUT2D eigenvalue weighted by Crippen LogP contribution is -2.32. The monoisotopic (exact) mass is 425 g/mol. The minimum atomic E-state index is -1.16. The van der Waals surface area contributed by atoms with Crippen LogP contribution in [0.2, 0.25) is 0 Å². The maximum Gasteiger partial charge on any atom is 0.349 e. The standard InChI is InChI=1S/C22H19NO6S/c1-26-16-6-3-2-5-15(16)20(29-22(25)19-7-4-10-30-19)21(24)23-12-14-8-9-17-18(11-14)28-13-27-17/h2-11,20H,12-13H2,1H3,(H,23,24)/t20-/m0/s1. The molecule has 0 aliphatic carbocycles. The summed E-state index contributed by atoms with van der Waals surface area (Å²) >= 11 is 1.25. The Labute approximate surface area is 177 Å². The van der Waals surface area contributed by atoms with Gasteiger partial charge in [-0.25, -0.2) is 4.79 Å². The Kier molecular flexibility index (Phi) is 5.85. The van der Waals surface area contributed by atoms with E-state index in [1.807, 2.05) is 6.07 Å². The minimum absolute atomic E-state index is 0.180. The zero-order chi connectivity index (χ0) is 20.9. The third-order valence-corrected chi connectivity index (χ3v) is 5.36. The zero-order valence-electron chi connectivity index (χ0n) is 16.1. The molecule has 0 saturated carbocycles. The smallest absolute Gasteiger partial charge is 0.349 e. The molecule has 0 spiro atoms. The number of carbonyl (C=O) groups is 2. The number of ether oxygens (including phenoxy) is 4. The lowest BCUT2D eigenvalue weighted by atomic mass is 10.1. The first-order chi connectivity index (χ1) is 14.7. The molecule has 0 saturated heterocycles. The minimum Gasteiger partial charge on any atom is -0.496 e. The number of thiophene rings is 1. The number of nitrogens with one attached hydrogen (secondary N) is 1. The van der Waals surface area contributed by atoms with Gasteiger partial charge in [0.1, 0.15) is 10.6 Å². The molecule has 1 atom stereocenters. The molecule has 0 bridgehead atoms. The molecule has 3 aromatic rings. The first-order valence-electron chi connectivity index (χ1n) is 9.19. The second kappa shape index (κ2) is 8.87. The molecule has 2 heterocycles. The number of benzene rings is 2. The Morgan fingerprint density at radius 3 is 2.73 bits per heavy atom. The molecule has 1 aromatic heterocycles. The number of carbonyl (C=O) groups excluding carboxylic acids is 2. The highest BCUT2D eigenvalue weighted by atomic mass is 32.1. The first-order valence-corrected chi connectivity index (χ1v) is 10.1. The van der Waals surface area contributed by atoms with E-state index in [1.54, 1.807) is 53.9 Å². The van der Waals surface area contributed by atoms with Crippen LogP contribution in [0.1, 0.15) is 26.9 Å². The summed E-state index contributed by atoms with van der Waals surface area (Å²) in [5.41, 5.74) is 1.30. The number of esters is 1. The van der Waals surface area contributed by atoms with Gasteiger partial charge in [0.25, 0.3) is 5.91 Å². The summed E-state index contributed by atoms with van der Waals surface area (Å²) in [6.07, 6.45) is -1.16. The van der Waals surface area contributed by atoms with Crippen molar-refractivity contribution in [3.8, 4) is 17.2 Å². The summed E-state index contributed by atoms with van der Waals surface area (Å²) in [6, 6.07) is 15.8. The fourth-order valence-electron chi connectivity index (χ4n) is 3.03. The highest BCUT2D eigenvalue weighted by Crippen LogP contribution is 2.33. The van der Waals surface area contributed by atoms with Gasteiger partial charge in [-0.3, -0.25) is 4.79 Å². The van der Waals surface area contributed by atoms with Gasteiger partial charge >= 0.3 is 5.97 Å². The lowest BCUT2D eigenvalue weighted by Gasteiger charge is -2.20. The van der Waals surface area contributed by atoms with Crippen LogP contribution in [0.5, 0.6) is 17.2 Å². The molecular weight excluding hydrogens is 406 g/mol. The van der Waals surface area contributed by atoms with Crippen molar-refractivity contribution in [2.24, 2.45) is 0 Å². The van der Waals surface area contributed by atoms with E-state index < -0.39 is 18.0 Å². The van der Waals surface area contributed by atoms with Crippen molar-refractivity contribution in [2.45, 2.75) is 12.6 Å². The van der Waals surface area contributed by atoms with Gasteiger partial charge < -0.3 is 24.3 Å². The van der Waals surface area contributed by atoms with Crippen LogP contribution in [0.15, 0.2) is 60.0 Å². The molecule has 2 aromatic carbocycles. The Balaban J connectivity index is 1.53. The predicted molar refractivity (Wildman–Crippen MR) is 110 cm³/mol. The van der Waals surface area contributed by atoms with Gasteiger partial charge in [0.15, 0.2) is 11.5 Å². The third kappa shape index (κ3) is 4.23. The van der Waals surface area contributed by atoms with Crippen molar-refractivity contribution in [3.05, 3.63) is 76.0 Å². The van der Waals surface area contributed by atoms with Crippen molar-refractivity contribution in [1.82, 2.24) is 5.32 Å². The molecule has 1 aliphatic rings. The highest BCUT2D eigenvalue weighted by molar-refractivity contribution is 7.11. The number of amides is 1. The molecule has 30 heavy (non-hydrogen) atoms. The Hall–Kier alpha value is -3.52. The van der Waals surface area contributed by atoms with Gasteiger partial charge in [-0.15, -0.1) is 11.3 Å². The van der Waals surface area contributed by atoms with Crippen molar-refractivity contribution in [3.63, 3.8) is 0 Å². The topological polar surface area (TPSA) is 83.1 Å². The summed E-state index contributed by atoms with van der Waals surface area (Å²) < 4.78 is 21.6. The van der Waals surface area contributed by atoms with Crippen molar-refractivity contribution >= 4 is 23.2 Å². The highest BCUT2D eigenvalue weighted by Gasteiger charge is 2.28. The Bertz CT molecular complexity index is 1050. The summed E-state index contributed by atoms with van der Waals surface area (Å²) in [6.45, 7) is 0.414. The summed E-state index contributed by atoms with van der Waals surface area (Å²) in [4.78, 5) is 26.0. The molecule has 7 nitrogen and oxygen atoms in total. The largest absolute Gasteiger partial charge is 0.496 e. The molecule has 154 valence electrons. The summed E-state index contributed by atoms with van der Waals surface area (Å²) in [5, 5.41) is 4.60. The van der Waals surface area contributed by atoms with Gasteiger partial charge in [-0.05, 0) is 35.2 Å². The molecule has 1 aliphatic heterocycles. The summed E-state index contributed by atoms with van der Waals surface area (Å²) in [5.74, 6) is 0.731. The van der Waals surface area contributed by atoms with Crippen molar-refractivity contribution in [1.29, 1.82) is 0 Å². The molecule has 1 amide bonds. The second-order valence-corrected chi connectivity index (χ2v) is 7.36. The van der Waals surface area contributed by atoms with E-state index in [0.29, 0.717) is 27.7 Å². The maximum atomic E-state index is 13.0. The molecule has 8 heteroatoms. The second-order valence-electron chi connectivity index (χ2n) is 6.41. The average molecular weight is 425 g/mol. The van der Waals surface area contributed by atoms with Gasteiger partial charge in [-0.2, -0.15) is 0 Å². The van der Waals surface area contributed by atoms with Gasteiger partial charge in [0.05, 0.1) is 7.11 Å². The number of fused-ring (bicyclic) bond motifs is 1. The average Bonchev–Trinajstić information content (AvgIpc) is 3.47. The molecule has 4 rings (SSSR count). The quantitative estimate of drug-likeness (QED) is 0.581. The molecule has 1 N–H and O–H groups in total. The number of para-hydroxylation sites is 1. The number of hydrogen-bond acceptors (Lipinski definition) is 7. The van der Waals surface area contributed by atoms with E-state index in [2.05, 4.69) is 5.32 Å². The predicted octanol–water partition coefficient (Wildman–Crippen LogP) is 3.70. The van der Waals surface area contributed by atoms with Crippen molar-refractivity contribution in [2.75, 3.05) is 13.9 Å². The normalized spacial score (nSPS) is 12.8. The fourth-order valence-corrected chi connectivity index (χ4v) is 3.64. The van der Waals surface area contributed by atoms with Crippen molar-refractivity contribution < 1.29 is 28.5 Å². The first kappa shape index (κ1) is 19.8. The van der Waals surface area contributed by atoms with Crippen LogP contribution < -0.4 is 19.5 Å². The van der Waals surface area contributed by atoms with E-state index in [9.17, 15) is 9.59 Å². The molecular formula is C22H19NO6S. The summed E-state index contributed by atoms with van der Waals surface area (Å²) in [7, 11) is 1.50. The number of methoxy groups -OCH3 is 1. The van der Waals surface area contributed by atoms with Crippen LogP contribution in [0.25, 0.3) is 0 Å². The van der Waals surface area contributed by atoms with Crippen LogP contribution in [0.4, 0.5) is 0 Å². The van der Waals surface area contributed by atoms with E-state index in [0.717, 1.165) is 5.56 Å².